The zero-order chi connectivity index (χ0) is 23.5. The average molecular weight is 440 g/mol. The molecule has 0 unspecified atom stereocenters. The largest absolute Gasteiger partial charge is 0.353 e. The smallest absolute Gasteiger partial charge is 0.254 e. The van der Waals surface area contributed by atoms with Gasteiger partial charge in [0.05, 0.1) is 6.54 Å². The Morgan fingerprint density at radius 1 is 0.969 bits per heavy atom. The Hall–Kier alpha value is -2.56. The van der Waals surface area contributed by atoms with Crippen molar-refractivity contribution < 1.29 is 9.59 Å². The summed E-state index contributed by atoms with van der Waals surface area (Å²) in [4.78, 5) is 30.1. The second kappa shape index (κ2) is 13.1. The first-order valence-corrected chi connectivity index (χ1v) is 12.1. The third-order valence-corrected chi connectivity index (χ3v) is 5.72. The van der Waals surface area contributed by atoms with Crippen LogP contribution in [0.4, 0.5) is 0 Å². The third-order valence-electron chi connectivity index (χ3n) is 5.72. The molecule has 176 valence electrons. The van der Waals surface area contributed by atoms with Crippen molar-refractivity contribution in [3.8, 4) is 0 Å². The third kappa shape index (κ3) is 7.85. The molecule has 1 heterocycles. The topological polar surface area (TPSA) is 45.6 Å². The van der Waals surface area contributed by atoms with Crippen LogP contribution in [0.15, 0.2) is 42.6 Å². The highest BCUT2D eigenvalue weighted by Crippen LogP contribution is 2.13. The molecule has 0 radical (unpaired) electrons. The summed E-state index contributed by atoms with van der Waals surface area (Å²) >= 11 is 0. The summed E-state index contributed by atoms with van der Waals surface area (Å²) in [6, 6.07) is 12.0. The molecular weight excluding hydrogens is 398 g/mol. The Labute approximate surface area is 194 Å². The first-order chi connectivity index (χ1) is 15.3. The van der Waals surface area contributed by atoms with Crippen LogP contribution in [-0.4, -0.2) is 45.8 Å². The maximum atomic E-state index is 13.3. The van der Waals surface area contributed by atoms with E-state index in [0.29, 0.717) is 31.1 Å². The number of aromatic nitrogens is 1. The first kappa shape index (κ1) is 25.7. The van der Waals surface area contributed by atoms with E-state index in [1.807, 2.05) is 53.9 Å². The second-order valence-electron chi connectivity index (χ2n) is 9.16. The number of carbonyl (C=O) groups is 2. The van der Waals surface area contributed by atoms with Gasteiger partial charge in [0, 0.05) is 37.6 Å². The number of amides is 2. The Balaban J connectivity index is 2.09. The van der Waals surface area contributed by atoms with Crippen molar-refractivity contribution in [3.63, 3.8) is 0 Å². The van der Waals surface area contributed by atoms with E-state index in [9.17, 15) is 9.59 Å². The van der Waals surface area contributed by atoms with Crippen molar-refractivity contribution in [1.29, 1.82) is 0 Å². The van der Waals surface area contributed by atoms with Crippen LogP contribution in [0.3, 0.4) is 0 Å². The van der Waals surface area contributed by atoms with E-state index in [0.717, 1.165) is 18.5 Å². The molecule has 0 bridgehead atoms. The molecule has 1 aromatic heterocycles. The average Bonchev–Trinajstić information content (AvgIpc) is 3.17. The molecular formula is C27H41N3O2. The highest BCUT2D eigenvalue weighted by molar-refractivity contribution is 5.96. The van der Waals surface area contributed by atoms with Crippen LogP contribution in [0.1, 0.15) is 75.0 Å². The summed E-state index contributed by atoms with van der Waals surface area (Å²) in [7, 11) is 1.99. The van der Waals surface area contributed by atoms with Crippen LogP contribution in [0.2, 0.25) is 0 Å². The van der Waals surface area contributed by atoms with Crippen LogP contribution < -0.4 is 0 Å². The fraction of sp³-hybridized carbons (Fsp3) is 0.556. The van der Waals surface area contributed by atoms with Crippen molar-refractivity contribution >= 4 is 11.8 Å². The standard InChI is InChI=1S/C27H41N3O2/c1-6-8-9-11-23-13-15-24(16-14-23)27(32)29(17-7-2)21-26(31)30(19-22(3)4)20-25-12-10-18-28(25)5/h10,12-16,18,22H,6-9,11,17,19-21H2,1-5H3. The van der Waals surface area contributed by atoms with E-state index in [4.69, 9.17) is 0 Å². The molecule has 0 atom stereocenters. The minimum absolute atomic E-state index is 0.00196. The summed E-state index contributed by atoms with van der Waals surface area (Å²) < 4.78 is 2.04. The zero-order valence-corrected chi connectivity index (χ0v) is 20.6. The lowest BCUT2D eigenvalue weighted by atomic mass is 10.0. The van der Waals surface area contributed by atoms with Crippen molar-refractivity contribution in [3.05, 3.63) is 59.4 Å². The lowest BCUT2D eigenvalue weighted by Crippen LogP contribution is -2.44. The number of hydrogen-bond acceptors (Lipinski definition) is 2. The van der Waals surface area contributed by atoms with Gasteiger partial charge in [0.15, 0.2) is 0 Å². The van der Waals surface area contributed by atoms with Crippen molar-refractivity contribution in [1.82, 2.24) is 14.4 Å². The lowest BCUT2D eigenvalue weighted by molar-refractivity contribution is -0.133. The molecule has 0 saturated carbocycles. The van der Waals surface area contributed by atoms with Gasteiger partial charge in [-0.2, -0.15) is 0 Å². The monoisotopic (exact) mass is 439 g/mol. The van der Waals surface area contributed by atoms with Gasteiger partial charge in [-0.3, -0.25) is 9.59 Å². The molecule has 0 saturated heterocycles. The van der Waals surface area contributed by atoms with Gasteiger partial charge in [0.25, 0.3) is 5.91 Å². The van der Waals surface area contributed by atoms with Gasteiger partial charge < -0.3 is 14.4 Å². The van der Waals surface area contributed by atoms with Gasteiger partial charge in [-0.1, -0.05) is 52.7 Å². The maximum absolute atomic E-state index is 13.3. The molecule has 1 aromatic carbocycles. The number of rotatable bonds is 13. The number of unbranched alkanes of at least 4 members (excludes halogenated alkanes) is 2. The Kier molecular flexibility index (Phi) is 10.5. The normalized spacial score (nSPS) is 11.1. The number of carbonyl (C=O) groups excluding carboxylic acids is 2. The second-order valence-corrected chi connectivity index (χ2v) is 9.16. The molecule has 2 amide bonds. The van der Waals surface area contributed by atoms with Gasteiger partial charge in [-0.25, -0.2) is 0 Å². The predicted molar refractivity (Wildman–Crippen MR) is 132 cm³/mol. The zero-order valence-electron chi connectivity index (χ0n) is 20.6. The molecule has 0 aliphatic carbocycles. The molecule has 32 heavy (non-hydrogen) atoms. The molecule has 0 aliphatic rings. The fourth-order valence-corrected chi connectivity index (χ4v) is 3.91. The number of nitrogens with zero attached hydrogens (tertiary/aromatic N) is 3. The van der Waals surface area contributed by atoms with Crippen LogP contribution in [0.5, 0.6) is 0 Å². The van der Waals surface area contributed by atoms with Crippen LogP contribution in [0.25, 0.3) is 0 Å². The van der Waals surface area contributed by atoms with E-state index in [2.05, 4.69) is 32.9 Å². The summed E-state index contributed by atoms with van der Waals surface area (Å²) in [5.74, 6) is 0.288. The van der Waals surface area contributed by atoms with Crippen molar-refractivity contribution in [2.75, 3.05) is 19.6 Å². The van der Waals surface area contributed by atoms with E-state index in [1.165, 1.54) is 24.8 Å². The van der Waals surface area contributed by atoms with Gasteiger partial charge >= 0.3 is 0 Å². The highest BCUT2D eigenvalue weighted by atomic mass is 16.2. The lowest BCUT2D eigenvalue weighted by Gasteiger charge is -2.29. The molecule has 5 nitrogen and oxygen atoms in total. The Morgan fingerprint density at radius 3 is 2.25 bits per heavy atom. The maximum Gasteiger partial charge on any atom is 0.254 e. The Morgan fingerprint density at radius 2 is 1.69 bits per heavy atom. The van der Waals surface area contributed by atoms with E-state index >= 15 is 0 Å². The van der Waals surface area contributed by atoms with Crippen LogP contribution in [0, 0.1) is 5.92 Å². The quantitative estimate of drug-likeness (QED) is 0.398. The molecule has 0 N–H and O–H groups in total. The van der Waals surface area contributed by atoms with Crippen LogP contribution in [-0.2, 0) is 24.8 Å². The molecule has 2 aromatic rings. The molecule has 2 rings (SSSR count). The van der Waals surface area contributed by atoms with Crippen LogP contribution >= 0.6 is 0 Å². The summed E-state index contributed by atoms with van der Waals surface area (Å²) in [5, 5.41) is 0. The SMILES string of the molecule is CCCCCc1ccc(C(=O)N(CCC)CC(=O)N(Cc2cccn2C)CC(C)C)cc1. The van der Waals surface area contributed by atoms with Gasteiger partial charge in [0.2, 0.25) is 5.91 Å². The van der Waals surface area contributed by atoms with E-state index in [1.54, 1.807) is 4.90 Å². The summed E-state index contributed by atoms with van der Waals surface area (Å²) in [5.41, 5.74) is 3.01. The Bertz CT molecular complexity index is 839. The van der Waals surface area contributed by atoms with Gasteiger partial charge in [-0.15, -0.1) is 0 Å². The number of benzene rings is 1. The molecule has 0 spiro atoms. The van der Waals surface area contributed by atoms with Crippen molar-refractivity contribution in [2.45, 2.75) is 66.3 Å². The van der Waals surface area contributed by atoms with Gasteiger partial charge in [-0.05, 0) is 55.0 Å². The number of hydrogen-bond donors (Lipinski definition) is 0. The number of aryl methyl sites for hydroxylation is 2. The molecule has 0 aliphatic heterocycles. The first-order valence-electron chi connectivity index (χ1n) is 12.1. The fourth-order valence-electron chi connectivity index (χ4n) is 3.91. The minimum Gasteiger partial charge on any atom is -0.353 e. The van der Waals surface area contributed by atoms with Crippen molar-refractivity contribution in [2.24, 2.45) is 13.0 Å². The summed E-state index contributed by atoms with van der Waals surface area (Å²) in [6.07, 6.45) is 7.45. The highest BCUT2D eigenvalue weighted by Gasteiger charge is 2.23. The molecule has 0 fully saturated rings. The van der Waals surface area contributed by atoms with E-state index < -0.39 is 0 Å². The summed E-state index contributed by atoms with van der Waals surface area (Å²) in [6.45, 7) is 10.4. The minimum atomic E-state index is -0.0660. The van der Waals surface area contributed by atoms with Gasteiger partial charge in [0.1, 0.15) is 6.54 Å². The predicted octanol–water partition coefficient (Wildman–Crippen LogP) is 5.29. The molecule has 5 heteroatoms. The van der Waals surface area contributed by atoms with E-state index in [-0.39, 0.29) is 18.4 Å².